The Morgan fingerprint density at radius 3 is 2.72 bits per heavy atom. The topological polar surface area (TPSA) is 75.3 Å². The Balaban J connectivity index is 1.62. The van der Waals surface area contributed by atoms with E-state index in [1.165, 1.54) is 17.5 Å². The van der Waals surface area contributed by atoms with E-state index in [0.29, 0.717) is 36.3 Å². The Bertz CT molecular complexity index is 687. The van der Waals surface area contributed by atoms with Crippen LogP contribution in [0.3, 0.4) is 0 Å². The lowest BCUT2D eigenvalue weighted by Crippen LogP contribution is -2.37. The molecule has 1 unspecified atom stereocenters. The number of benzene rings is 1. The molecule has 1 aromatic rings. The first-order chi connectivity index (χ1) is 12.2. The van der Waals surface area contributed by atoms with Gasteiger partial charge in [0.15, 0.2) is 5.78 Å². The van der Waals surface area contributed by atoms with Crippen molar-refractivity contribution in [3.8, 4) is 0 Å². The van der Waals surface area contributed by atoms with E-state index in [9.17, 15) is 14.4 Å². The molecule has 0 radical (unpaired) electrons. The van der Waals surface area contributed by atoms with Gasteiger partial charge < -0.3 is 10.1 Å². The van der Waals surface area contributed by atoms with Crippen molar-refractivity contribution in [3.05, 3.63) is 47.0 Å². The zero-order chi connectivity index (χ0) is 17.6. The molecule has 1 saturated heterocycles. The van der Waals surface area contributed by atoms with E-state index in [-0.39, 0.29) is 17.6 Å². The highest BCUT2D eigenvalue weighted by molar-refractivity contribution is 7.97. The minimum atomic E-state index is -0.497. The molecule has 1 aliphatic heterocycles. The van der Waals surface area contributed by atoms with Crippen molar-refractivity contribution in [1.82, 2.24) is 10.0 Å². The number of carbonyl (C=O) groups excluding carboxylic acids is 3. The van der Waals surface area contributed by atoms with Crippen LogP contribution in [0.4, 0.5) is 0 Å². The Morgan fingerprint density at radius 2 is 1.96 bits per heavy atom. The van der Waals surface area contributed by atoms with E-state index in [1.807, 2.05) is 30.3 Å². The van der Waals surface area contributed by atoms with Crippen LogP contribution in [0, 0.1) is 5.92 Å². The molecule has 1 aromatic carbocycles. The van der Waals surface area contributed by atoms with E-state index >= 15 is 0 Å². The van der Waals surface area contributed by atoms with Crippen LogP contribution in [-0.4, -0.2) is 36.3 Å². The van der Waals surface area contributed by atoms with Crippen LogP contribution in [0.25, 0.3) is 0 Å². The maximum Gasteiger partial charge on any atom is 0.247 e. The molecule has 0 aromatic heterocycles. The molecule has 0 spiro atoms. The standard InChI is InChI=1S/C19H22N2O3S/c22-11-14-12-25-21-17(14)18(23)15-7-4-8-16(15)19(24)20-10-9-13-5-2-1-3-6-13/h1-3,5-6,11,14,17,21H,4,7-10,12H2,(H,20,24)/t14-,17?/m1/s1. The second-order valence-electron chi connectivity index (χ2n) is 6.37. The largest absolute Gasteiger partial charge is 0.352 e. The smallest absolute Gasteiger partial charge is 0.247 e. The summed E-state index contributed by atoms with van der Waals surface area (Å²) in [4.78, 5) is 36.4. The lowest BCUT2D eigenvalue weighted by atomic mass is 9.93. The zero-order valence-electron chi connectivity index (χ0n) is 14.0. The first kappa shape index (κ1) is 17.9. The molecule has 1 aliphatic carbocycles. The van der Waals surface area contributed by atoms with Gasteiger partial charge in [0.05, 0.1) is 6.04 Å². The van der Waals surface area contributed by atoms with E-state index in [0.717, 1.165) is 19.1 Å². The van der Waals surface area contributed by atoms with Crippen molar-refractivity contribution in [2.75, 3.05) is 12.3 Å². The number of hydrogen-bond donors (Lipinski definition) is 2. The lowest BCUT2D eigenvalue weighted by Gasteiger charge is -2.15. The van der Waals surface area contributed by atoms with Gasteiger partial charge in [0, 0.05) is 29.4 Å². The van der Waals surface area contributed by atoms with Crippen LogP contribution in [-0.2, 0) is 20.8 Å². The molecule has 2 N–H and O–H groups in total. The number of amides is 1. The summed E-state index contributed by atoms with van der Waals surface area (Å²) in [6.07, 6.45) is 3.66. The van der Waals surface area contributed by atoms with Crippen LogP contribution in [0.2, 0.25) is 0 Å². The molecule has 132 valence electrons. The molecule has 6 heteroatoms. The minimum Gasteiger partial charge on any atom is -0.352 e. The number of carbonyl (C=O) groups is 3. The molecular formula is C19H22N2O3S. The number of rotatable bonds is 7. The summed E-state index contributed by atoms with van der Waals surface area (Å²) in [5.41, 5.74) is 2.37. The van der Waals surface area contributed by atoms with Crippen LogP contribution in [0.5, 0.6) is 0 Å². The average molecular weight is 358 g/mol. The Kier molecular flexibility index (Phi) is 6.04. The second kappa shape index (κ2) is 8.45. The van der Waals surface area contributed by atoms with Gasteiger partial charge in [0.1, 0.15) is 6.29 Å². The van der Waals surface area contributed by atoms with E-state index in [4.69, 9.17) is 0 Å². The third-order valence-electron chi connectivity index (χ3n) is 4.70. The van der Waals surface area contributed by atoms with Crippen LogP contribution in [0.1, 0.15) is 24.8 Å². The summed E-state index contributed by atoms with van der Waals surface area (Å²) in [5, 5.41) is 2.93. The monoisotopic (exact) mass is 358 g/mol. The highest BCUT2D eigenvalue weighted by atomic mass is 32.2. The molecule has 2 atom stereocenters. The zero-order valence-corrected chi connectivity index (χ0v) is 14.8. The van der Waals surface area contributed by atoms with E-state index in [1.54, 1.807) is 0 Å². The first-order valence-corrected chi connectivity index (χ1v) is 9.60. The molecule has 25 heavy (non-hydrogen) atoms. The van der Waals surface area contributed by atoms with Crippen LogP contribution >= 0.6 is 11.9 Å². The van der Waals surface area contributed by atoms with Crippen molar-refractivity contribution in [1.29, 1.82) is 0 Å². The Hall–Kier alpha value is -1.92. The van der Waals surface area contributed by atoms with Gasteiger partial charge in [-0.1, -0.05) is 42.3 Å². The molecule has 1 amide bonds. The lowest BCUT2D eigenvalue weighted by molar-refractivity contribution is -0.122. The maximum absolute atomic E-state index is 12.8. The molecule has 0 saturated carbocycles. The van der Waals surface area contributed by atoms with Gasteiger partial charge in [-0.25, -0.2) is 0 Å². The molecule has 5 nitrogen and oxygen atoms in total. The predicted molar refractivity (Wildman–Crippen MR) is 98.0 cm³/mol. The first-order valence-electron chi connectivity index (χ1n) is 8.61. The van der Waals surface area contributed by atoms with E-state index < -0.39 is 6.04 Å². The molecule has 2 aliphatic rings. The van der Waals surface area contributed by atoms with Gasteiger partial charge in [-0.15, -0.1) is 0 Å². The Morgan fingerprint density at radius 1 is 1.20 bits per heavy atom. The van der Waals surface area contributed by atoms with Crippen LogP contribution in [0.15, 0.2) is 41.5 Å². The third kappa shape index (κ3) is 4.19. The molecule has 3 rings (SSSR count). The molecular weight excluding hydrogens is 336 g/mol. The third-order valence-corrected chi connectivity index (χ3v) is 5.68. The van der Waals surface area contributed by atoms with Gasteiger partial charge in [-0.2, -0.15) is 0 Å². The highest BCUT2D eigenvalue weighted by Gasteiger charge is 2.37. The van der Waals surface area contributed by atoms with Crippen molar-refractivity contribution in [2.45, 2.75) is 31.7 Å². The van der Waals surface area contributed by atoms with Gasteiger partial charge in [-0.3, -0.25) is 14.3 Å². The average Bonchev–Trinajstić information content (AvgIpc) is 3.31. The number of Topliss-reactive ketones (excluding diaryl/α,β-unsaturated/α-hetero) is 1. The summed E-state index contributed by atoms with van der Waals surface area (Å²) < 4.78 is 3.03. The molecule has 1 heterocycles. The second-order valence-corrected chi connectivity index (χ2v) is 7.23. The highest BCUT2D eigenvalue weighted by Crippen LogP contribution is 2.31. The van der Waals surface area contributed by atoms with E-state index in [2.05, 4.69) is 10.0 Å². The van der Waals surface area contributed by atoms with Gasteiger partial charge in [0.2, 0.25) is 5.91 Å². The maximum atomic E-state index is 12.8. The summed E-state index contributed by atoms with van der Waals surface area (Å²) in [6, 6.07) is 9.47. The fourth-order valence-electron chi connectivity index (χ4n) is 3.31. The summed E-state index contributed by atoms with van der Waals surface area (Å²) in [7, 11) is 0. The van der Waals surface area contributed by atoms with Crippen molar-refractivity contribution >= 4 is 29.9 Å². The van der Waals surface area contributed by atoms with Crippen LogP contribution < -0.4 is 10.0 Å². The number of nitrogens with one attached hydrogen (secondary N) is 2. The predicted octanol–water partition coefficient (Wildman–Crippen LogP) is 1.83. The molecule has 0 bridgehead atoms. The SMILES string of the molecule is O=C[C@@H]1CSNC1C(=O)C1=C(C(=O)NCCc2ccccc2)CCC1. The summed E-state index contributed by atoms with van der Waals surface area (Å²) in [6.45, 7) is 0.544. The van der Waals surface area contributed by atoms with Crippen molar-refractivity contribution < 1.29 is 14.4 Å². The number of ketones is 1. The quantitative estimate of drug-likeness (QED) is 0.575. The van der Waals surface area contributed by atoms with Crippen molar-refractivity contribution in [2.24, 2.45) is 5.92 Å². The molecule has 1 fully saturated rings. The van der Waals surface area contributed by atoms with Gasteiger partial charge in [0.25, 0.3) is 0 Å². The Labute approximate surface area is 151 Å². The number of hydrogen-bond acceptors (Lipinski definition) is 5. The normalized spacial score (nSPS) is 22.9. The van der Waals surface area contributed by atoms with Crippen molar-refractivity contribution in [3.63, 3.8) is 0 Å². The number of aldehydes is 1. The van der Waals surface area contributed by atoms with Gasteiger partial charge in [-0.05, 0) is 31.2 Å². The minimum absolute atomic E-state index is 0.0900. The van der Waals surface area contributed by atoms with Gasteiger partial charge >= 0.3 is 0 Å². The fourth-order valence-corrected chi connectivity index (χ4v) is 4.33. The fraction of sp³-hybridized carbons (Fsp3) is 0.421. The summed E-state index contributed by atoms with van der Waals surface area (Å²) >= 11 is 1.40. The summed E-state index contributed by atoms with van der Waals surface area (Å²) in [5.74, 6) is 0.0529.